The molecule has 0 saturated carbocycles. The topological polar surface area (TPSA) is 123 Å². The number of nitrogens with zero attached hydrogens (tertiary/aromatic N) is 1. The lowest BCUT2D eigenvalue weighted by molar-refractivity contribution is -0.113. The van der Waals surface area contributed by atoms with Crippen LogP contribution < -0.4 is 24.8 Å². The van der Waals surface area contributed by atoms with E-state index in [-0.39, 0.29) is 17.5 Å². The molecule has 2 N–H and O–H groups in total. The Kier molecular flexibility index (Phi) is 10.6. The minimum atomic E-state index is -0.546. The Bertz CT molecular complexity index is 1780. The minimum Gasteiger partial charge on any atom is -0.493 e. The molecule has 47 heavy (non-hydrogen) atoms. The van der Waals surface area contributed by atoms with Crippen LogP contribution >= 0.6 is 11.8 Å². The number of thioether (sulfide) groups is 1. The van der Waals surface area contributed by atoms with Gasteiger partial charge in [-0.1, -0.05) is 36.4 Å². The number of fused-ring (bicyclic) bond motifs is 1. The molecule has 0 saturated heterocycles. The van der Waals surface area contributed by atoms with Crippen LogP contribution in [0.15, 0.2) is 102 Å². The number of carbonyl (C=O) groups is 4. The third-order valence-corrected chi connectivity index (χ3v) is 8.37. The monoisotopic (exact) mass is 651 g/mol. The predicted molar refractivity (Wildman–Crippen MR) is 180 cm³/mol. The smallest absolute Gasteiger partial charge is 0.272 e. The molecule has 0 bridgehead atoms. The van der Waals surface area contributed by atoms with E-state index < -0.39 is 11.8 Å². The molecule has 1 aliphatic rings. The van der Waals surface area contributed by atoms with Crippen LogP contribution in [0, 0.1) is 0 Å². The van der Waals surface area contributed by atoms with Crippen LogP contribution in [0.2, 0.25) is 0 Å². The lowest BCUT2D eigenvalue weighted by Gasteiger charge is -2.15. The first-order chi connectivity index (χ1) is 22.8. The normalized spacial score (nSPS) is 12.4. The number of hydrogen-bond acceptors (Lipinski definition) is 8. The van der Waals surface area contributed by atoms with Crippen molar-refractivity contribution in [3.05, 3.63) is 119 Å². The van der Waals surface area contributed by atoms with E-state index in [4.69, 9.17) is 14.2 Å². The number of nitrogens with one attached hydrogen (secondary N) is 2. The third-order valence-electron chi connectivity index (χ3n) is 7.29. The molecule has 240 valence electrons. The van der Waals surface area contributed by atoms with Crippen molar-refractivity contribution in [1.82, 2.24) is 10.2 Å². The highest BCUT2D eigenvalue weighted by Gasteiger charge is 2.34. The first-order valence-electron chi connectivity index (χ1n) is 14.7. The van der Waals surface area contributed by atoms with Crippen molar-refractivity contribution in [2.45, 2.75) is 11.3 Å². The molecule has 4 aromatic carbocycles. The van der Waals surface area contributed by atoms with Gasteiger partial charge in [0.1, 0.15) is 5.70 Å². The number of anilines is 1. The van der Waals surface area contributed by atoms with Gasteiger partial charge in [-0.25, -0.2) is 0 Å². The molecule has 10 nitrogen and oxygen atoms in total. The van der Waals surface area contributed by atoms with E-state index >= 15 is 0 Å². The summed E-state index contributed by atoms with van der Waals surface area (Å²) in [5.74, 6) is 0.275. The van der Waals surface area contributed by atoms with Gasteiger partial charge in [-0.15, -0.1) is 11.8 Å². The van der Waals surface area contributed by atoms with E-state index in [1.807, 2.05) is 18.2 Å². The largest absolute Gasteiger partial charge is 0.493 e. The highest BCUT2D eigenvalue weighted by molar-refractivity contribution is 7.99. The molecule has 4 aromatic rings. The Labute approximate surface area is 276 Å². The fraction of sp³-hybridized carbons (Fsp3) is 0.167. The number of hydrogen-bond donors (Lipinski definition) is 2. The molecule has 4 amide bonds. The van der Waals surface area contributed by atoms with Gasteiger partial charge in [0.05, 0.1) is 32.5 Å². The lowest BCUT2D eigenvalue weighted by Crippen LogP contribution is -2.31. The first kappa shape index (κ1) is 32.8. The molecule has 5 rings (SSSR count). The summed E-state index contributed by atoms with van der Waals surface area (Å²) in [7, 11) is 4.48. The van der Waals surface area contributed by atoms with Gasteiger partial charge >= 0.3 is 0 Å². The van der Waals surface area contributed by atoms with Crippen molar-refractivity contribution in [2.75, 3.05) is 38.9 Å². The number of carbonyl (C=O) groups excluding carboxylic acids is 4. The van der Waals surface area contributed by atoms with E-state index in [0.717, 1.165) is 4.90 Å². The molecule has 0 atom stereocenters. The van der Waals surface area contributed by atoms with Gasteiger partial charge in [0.2, 0.25) is 5.75 Å². The maximum atomic E-state index is 13.6. The molecular weight excluding hydrogens is 618 g/mol. The Morgan fingerprint density at radius 1 is 0.787 bits per heavy atom. The Hall–Kier alpha value is -5.55. The fourth-order valence-corrected chi connectivity index (χ4v) is 5.90. The summed E-state index contributed by atoms with van der Waals surface area (Å²) in [4.78, 5) is 54.2. The molecule has 0 spiro atoms. The Morgan fingerprint density at radius 3 is 2.04 bits per heavy atom. The second-order valence-electron chi connectivity index (χ2n) is 10.3. The summed E-state index contributed by atoms with van der Waals surface area (Å²) in [6.07, 6.45) is 2.12. The van der Waals surface area contributed by atoms with Crippen molar-refractivity contribution in [1.29, 1.82) is 0 Å². The van der Waals surface area contributed by atoms with Gasteiger partial charge in [0.25, 0.3) is 23.6 Å². The van der Waals surface area contributed by atoms with Crippen LogP contribution in [0.5, 0.6) is 17.2 Å². The van der Waals surface area contributed by atoms with E-state index in [1.165, 1.54) is 44.1 Å². The van der Waals surface area contributed by atoms with Gasteiger partial charge < -0.3 is 24.8 Å². The summed E-state index contributed by atoms with van der Waals surface area (Å²) in [6, 6.07) is 26.0. The zero-order valence-electron chi connectivity index (χ0n) is 26.1. The standard InChI is InChI=1S/C36H33N3O7S/c1-44-30-20-23(21-31(45-2)32(30)46-3)19-29(38-33(40)24-11-5-4-6-12-24)34(41)37-25-13-9-14-26(22-25)47-18-10-17-39-35(42)27-15-7-8-16-28(27)36(39)43/h4-9,11-16,19-22H,10,17-18H2,1-3H3,(H,37,41)(H,38,40)/b29-19+. The second-order valence-corrected chi connectivity index (χ2v) is 11.5. The van der Waals surface area contributed by atoms with Crippen molar-refractivity contribution in [3.8, 4) is 17.2 Å². The quantitative estimate of drug-likeness (QED) is 0.0793. The van der Waals surface area contributed by atoms with Crippen molar-refractivity contribution >= 4 is 47.2 Å². The first-order valence-corrected chi connectivity index (χ1v) is 15.7. The molecule has 1 aliphatic heterocycles. The van der Waals surface area contributed by atoms with Gasteiger partial charge in [-0.05, 0) is 78.4 Å². The number of benzene rings is 4. The van der Waals surface area contributed by atoms with Crippen LogP contribution in [-0.4, -0.2) is 62.2 Å². The number of imide groups is 1. The average Bonchev–Trinajstić information content (AvgIpc) is 3.34. The minimum absolute atomic E-state index is 0.00729. The van der Waals surface area contributed by atoms with Gasteiger partial charge in [-0.2, -0.15) is 0 Å². The number of methoxy groups -OCH3 is 3. The number of amides is 4. The molecule has 0 radical (unpaired) electrons. The Morgan fingerprint density at radius 2 is 1.43 bits per heavy atom. The number of rotatable bonds is 13. The van der Waals surface area contributed by atoms with Crippen LogP contribution in [0.1, 0.15) is 43.1 Å². The number of ether oxygens (including phenoxy) is 3. The van der Waals surface area contributed by atoms with Crippen molar-refractivity contribution < 1.29 is 33.4 Å². The van der Waals surface area contributed by atoms with E-state index in [1.54, 1.807) is 72.8 Å². The summed E-state index contributed by atoms with van der Waals surface area (Å²) in [5, 5.41) is 5.61. The zero-order valence-corrected chi connectivity index (χ0v) is 26.9. The second kappa shape index (κ2) is 15.2. The maximum Gasteiger partial charge on any atom is 0.272 e. The van der Waals surface area contributed by atoms with E-state index in [9.17, 15) is 19.2 Å². The van der Waals surface area contributed by atoms with E-state index in [0.29, 0.717) is 63.9 Å². The van der Waals surface area contributed by atoms with Gasteiger partial charge in [0.15, 0.2) is 11.5 Å². The molecule has 0 unspecified atom stereocenters. The predicted octanol–water partition coefficient (Wildman–Crippen LogP) is 5.90. The Balaban J connectivity index is 1.29. The maximum absolute atomic E-state index is 13.6. The van der Waals surface area contributed by atoms with Crippen molar-refractivity contribution in [2.24, 2.45) is 0 Å². The average molecular weight is 652 g/mol. The molecule has 0 aliphatic carbocycles. The SMILES string of the molecule is COc1cc(/C=C(/NC(=O)c2ccccc2)C(=O)Nc2cccc(SCCCN3C(=O)c4ccccc4C3=O)c2)cc(OC)c1OC. The van der Waals surface area contributed by atoms with E-state index in [2.05, 4.69) is 10.6 Å². The summed E-state index contributed by atoms with van der Waals surface area (Å²) in [6.45, 7) is 0.311. The van der Waals surface area contributed by atoms with Crippen LogP contribution in [0.3, 0.4) is 0 Å². The van der Waals surface area contributed by atoms with Crippen LogP contribution in [0.4, 0.5) is 5.69 Å². The summed E-state index contributed by atoms with van der Waals surface area (Å²) in [5.41, 5.74) is 2.30. The van der Waals surface area contributed by atoms with Gasteiger partial charge in [0, 0.05) is 22.7 Å². The highest BCUT2D eigenvalue weighted by atomic mass is 32.2. The molecule has 1 heterocycles. The van der Waals surface area contributed by atoms with Crippen molar-refractivity contribution in [3.63, 3.8) is 0 Å². The molecule has 0 fully saturated rings. The molecule has 11 heteroatoms. The van der Waals surface area contributed by atoms with Crippen LogP contribution in [-0.2, 0) is 4.79 Å². The molecule has 0 aromatic heterocycles. The fourth-order valence-electron chi connectivity index (χ4n) is 5.01. The van der Waals surface area contributed by atoms with Crippen LogP contribution in [0.25, 0.3) is 6.08 Å². The lowest BCUT2D eigenvalue weighted by atomic mass is 10.1. The van der Waals surface area contributed by atoms with Gasteiger partial charge in [-0.3, -0.25) is 24.1 Å². The third kappa shape index (κ3) is 7.64. The summed E-state index contributed by atoms with van der Waals surface area (Å²) >= 11 is 1.54. The summed E-state index contributed by atoms with van der Waals surface area (Å²) < 4.78 is 16.3. The molecular formula is C36H33N3O7S. The zero-order chi connectivity index (χ0) is 33.3. The highest BCUT2D eigenvalue weighted by Crippen LogP contribution is 2.38.